The fraction of sp³-hybridized carbons (Fsp3) is 0.520. The quantitative estimate of drug-likeness (QED) is 0.210. The van der Waals surface area contributed by atoms with Gasteiger partial charge in [-0.3, -0.25) is 4.79 Å². The van der Waals surface area contributed by atoms with Crippen LogP contribution in [-0.4, -0.2) is 34.7 Å². The molecule has 0 rings (SSSR count). The van der Waals surface area contributed by atoms with Crippen LogP contribution in [0.4, 0.5) is 0 Å². The van der Waals surface area contributed by atoms with E-state index in [0.29, 0.717) is 6.42 Å². The third kappa shape index (κ3) is 18.9. The van der Waals surface area contributed by atoms with Gasteiger partial charge >= 0.3 is 5.97 Å². The molecule has 168 valence electrons. The first-order chi connectivity index (χ1) is 14.6. The molecular weight excluding hydrogens is 378 g/mol. The minimum absolute atomic E-state index is 0.287. The highest BCUT2D eigenvalue weighted by atomic mass is 16.4. The second kappa shape index (κ2) is 21.3. The summed E-state index contributed by atoms with van der Waals surface area (Å²) in [5.41, 5.74) is 0. The lowest BCUT2D eigenvalue weighted by Gasteiger charge is -2.11. The molecule has 0 heterocycles. The SMILES string of the molecule is CC/C=C\C/C=C\C/C=C\C/C=C\C/C=C\CCCCCC(=O)N[C@@H](CO)C(=O)O. The second-order valence-corrected chi connectivity index (χ2v) is 6.95. The lowest BCUT2D eigenvalue weighted by molar-refractivity contribution is -0.142. The van der Waals surface area contributed by atoms with Gasteiger partial charge in [0.05, 0.1) is 6.61 Å². The fourth-order valence-electron chi connectivity index (χ4n) is 2.55. The molecule has 0 aliphatic heterocycles. The molecule has 5 heteroatoms. The first-order valence-corrected chi connectivity index (χ1v) is 11.0. The Morgan fingerprint density at radius 1 is 0.767 bits per heavy atom. The van der Waals surface area contributed by atoms with Crippen molar-refractivity contribution in [3.63, 3.8) is 0 Å². The van der Waals surface area contributed by atoms with Gasteiger partial charge in [0.15, 0.2) is 0 Å². The van der Waals surface area contributed by atoms with E-state index in [-0.39, 0.29) is 12.3 Å². The van der Waals surface area contributed by atoms with Crippen LogP contribution < -0.4 is 5.32 Å². The summed E-state index contributed by atoms with van der Waals surface area (Å²) >= 11 is 0. The molecule has 1 amide bonds. The number of carboxylic acids is 1. The lowest BCUT2D eigenvalue weighted by atomic mass is 10.1. The molecule has 0 unspecified atom stereocenters. The third-order valence-corrected chi connectivity index (χ3v) is 4.25. The molecule has 1 atom stereocenters. The number of carbonyl (C=O) groups excluding carboxylic acids is 1. The Bertz CT molecular complexity index is 588. The van der Waals surface area contributed by atoms with E-state index in [0.717, 1.165) is 51.4 Å². The van der Waals surface area contributed by atoms with Crippen LogP contribution in [0.1, 0.15) is 71.1 Å². The molecule has 0 bridgehead atoms. The van der Waals surface area contributed by atoms with Crippen molar-refractivity contribution in [3.8, 4) is 0 Å². The number of unbranched alkanes of at least 4 members (excludes halogenated alkanes) is 3. The van der Waals surface area contributed by atoms with Crippen molar-refractivity contribution in [3.05, 3.63) is 60.8 Å². The number of aliphatic carboxylic acids is 1. The molecule has 0 spiro atoms. The maximum Gasteiger partial charge on any atom is 0.328 e. The molecule has 0 aliphatic carbocycles. The Morgan fingerprint density at radius 2 is 1.27 bits per heavy atom. The van der Waals surface area contributed by atoms with Crippen molar-refractivity contribution in [2.45, 2.75) is 77.2 Å². The Morgan fingerprint density at radius 3 is 1.73 bits per heavy atom. The average molecular weight is 418 g/mol. The molecule has 0 fully saturated rings. The molecule has 0 aromatic carbocycles. The molecule has 0 saturated heterocycles. The second-order valence-electron chi connectivity index (χ2n) is 6.95. The monoisotopic (exact) mass is 417 g/mol. The number of carboxylic acid groups (broad SMARTS) is 1. The number of rotatable bonds is 18. The number of aliphatic hydroxyl groups is 1. The van der Waals surface area contributed by atoms with Gasteiger partial charge in [-0.2, -0.15) is 0 Å². The zero-order valence-electron chi connectivity index (χ0n) is 18.3. The zero-order valence-corrected chi connectivity index (χ0v) is 18.3. The number of nitrogens with one attached hydrogen (secondary N) is 1. The summed E-state index contributed by atoms with van der Waals surface area (Å²) in [5.74, 6) is -1.55. The molecule has 0 radical (unpaired) electrons. The van der Waals surface area contributed by atoms with E-state index < -0.39 is 18.6 Å². The summed E-state index contributed by atoms with van der Waals surface area (Å²) in [6.07, 6.45) is 30.6. The van der Waals surface area contributed by atoms with Crippen LogP contribution in [-0.2, 0) is 9.59 Å². The number of aliphatic hydroxyl groups excluding tert-OH is 1. The van der Waals surface area contributed by atoms with Crippen LogP contribution >= 0.6 is 0 Å². The van der Waals surface area contributed by atoms with Gasteiger partial charge in [0.1, 0.15) is 6.04 Å². The minimum Gasteiger partial charge on any atom is -0.480 e. The summed E-state index contributed by atoms with van der Waals surface area (Å²) < 4.78 is 0. The van der Waals surface area contributed by atoms with Crippen molar-refractivity contribution in [2.75, 3.05) is 6.61 Å². The van der Waals surface area contributed by atoms with Gasteiger partial charge in [-0.15, -0.1) is 0 Å². The summed E-state index contributed by atoms with van der Waals surface area (Å²) in [4.78, 5) is 22.3. The first-order valence-electron chi connectivity index (χ1n) is 11.0. The van der Waals surface area contributed by atoms with Crippen LogP contribution in [0.25, 0.3) is 0 Å². The number of hydrogen-bond donors (Lipinski definition) is 3. The van der Waals surface area contributed by atoms with E-state index in [2.05, 4.69) is 73.0 Å². The van der Waals surface area contributed by atoms with Gasteiger partial charge in [0.2, 0.25) is 5.91 Å². The predicted octanol–water partition coefficient (Wildman–Crippen LogP) is 5.25. The Balaban J connectivity index is 3.58. The van der Waals surface area contributed by atoms with Gasteiger partial charge in [-0.05, 0) is 51.4 Å². The zero-order chi connectivity index (χ0) is 22.3. The van der Waals surface area contributed by atoms with E-state index in [1.807, 2.05) is 0 Å². The fourth-order valence-corrected chi connectivity index (χ4v) is 2.55. The molecule has 0 saturated carbocycles. The predicted molar refractivity (Wildman–Crippen MR) is 124 cm³/mol. The Hall–Kier alpha value is -2.40. The molecule has 3 N–H and O–H groups in total. The summed E-state index contributed by atoms with van der Waals surface area (Å²) in [7, 11) is 0. The third-order valence-electron chi connectivity index (χ3n) is 4.25. The van der Waals surface area contributed by atoms with Gasteiger partial charge in [0.25, 0.3) is 0 Å². The number of carbonyl (C=O) groups is 2. The normalized spacial score (nSPS) is 13.4. The number of allylic oxidation sites excluding steroid dienone is 10. The van der Waals surface area contributed by atoms with Gasteiger partial charge in [0, 0.05) is 6.42 Å². The van der Waals surface area contributed by atoms with E-state index in [1.165, 1.54) is 0 Å². The molecule has 0 aromatic rings. The van der Waals surface area contributed by atoms with Crippen molar-refractivity contribution in [2.24, 2.45) is 0 Å². The average Bonchev–Trinajstić information content (AvgIpc) is 2.73. The standard InChI is InChI=1S/C25H39NO4/c1-2-3-4-5-6-7-8-9-10-11-12-13-14-15-16-17-18-19-20-21-24(28)26-23(22-27)25(29)30/h3-4,6-7,9-10,12-13,15-16,23,27H,2,5,8,11,14,17-22H2,1H3,(H,26,28)(H,29,30)/b4-3-,7-6-,10-9-,13-12-,16-15-/t23-/m0/s1. The number of amides is 1. The summed E-state index contributed by atoms with van der Waals surface area (Å²) in [5, 5.41) is 19.9. The van der Waals surface area contributed by atoms with Crippen LogP contribution in [0.5, 0.6) is 0 Å². The lowest BCUT2D eigenvalue weighted by Crippen LogP contribution is -2.43. The maximum atomic E-state index is 11.6. The maximum absolute atomic E-state index is 11.6. The van der Waals surface area contributed by atoms with Crippen molar-refractivity contribution < 1.29 is 19.8 Å². The smallest absolute Gasteiger partial charge is 0.328 e. The van der Waals surface area contributed by atoms with Crippen LogP contribution in [0.2, 0.25) is 0 Å². The Labute approximate surface area is 182 Å². The van der Waals surface area contributed by atoms with Gasteiger partial charge < -0.3 is 15.5 Å². The minimum atomic E-state index is -1.22. The van der Waals surface area contributed by atoms with Gasteiger partial charge in [-0.1, -0.05) is 74.1 Å². The van der Waals surface area contributed by atoms with E-state index >= 15 is 0 Å². The highest BCUT2D eigenvalue weighted by Gasteiger charge is 2.17. The highest BCUT2D eigenvalue weighted by molar-refractivity contribution is 5.83. The first kappa shape index (κ1) is 27.6. The topological polar surface area (TPSA) is 86.6 Å². The summed E-state index contributed by atoms with van der Waals surface area (Å²) in [6, 6.07) is -1.21. The molecule has 30 heavy (non-hydrogen) atoms. The highest BCUT2D eigenvalue weighted by Crippen LogP contribution is 2.05. The largest absolute Gasteiger partial charge is 0.480 e. The molecule has 5 nitrogen and oxygen atoms in total. The van der Waals surface area contributed by atoms with E-state index in [1.54, 1.807) is 0 Å². The van der Waals surface area contributed by atoms with Gasteiger partial charge in [-0.25, -0.2) is 4.79 Å². The van der Waals surface area contributed by atoms with E-state index in [4.69, 9.17) is 10.2 Å². The molecule has 0 aliphatic rings. The Kier molecular flexibility index (Phi) is 19.6. The van der Waals surface area contributed by atoms with E-state index in [9.17, 15) is 9.59 Å². The van der Waals surface area contributed by atoms with Crippen molar-refractivity contribution in [1.29, 1.82) is 0 Å². The molecular formula is C25H39NO4. The molecule has 0 aromatic heterocycles. The van der Waals surface area contributed by atoms with Crippen molar-refractivity contribution >= 4 is 11.9 Å². The van der Waals surface area contributed by atoms with Crippen LogP contribution in [0, 0.1) is 0 Å². The van der Waals surface area contributed by atoms with Crippen molar-refractivity contribution in [1.82, 2.24) is 5.32 Å². The van der Waals surface area contributed by atoms with Crippen LogP contribution in [0.15, 0.2) is 60.8 Å². The number of hydrogen-bond acceptors (Lipinski definition) is 3. The van der Waals surface area contributed by atoms with Crippen LogP contribution in [0.3, 0.4) is 0 Å². The summed E-state index contributed by atoms with van der Waals surface area (Å²) in [6.45, 7) is 1.55.